The summed E-state index contributed by atoms with van der Waals surface area (Å²) in [5, 5.41) is 22.0. The summed E-state index contributed by atoms with van der Waals surface area (Å²) < 4.78 is 30.9. The van der Waals surface area contributed by atoms with Gasteiger partial charge in [0.05, 0.1) is 10.9 Å². The number of piperazine rings is 1. The molecule has 1 atom stereocenters. The second-order valence-electron chi connectivity index (χ2n) is 6.29. The van der Waals surface area contributed by atoms with Crippen LogP contribution in [0.1, 0.15) is 24.3 Å². The maximum Gasteiger partial charge on any atom is 0.356 e. The van der Waals surface area contributed by atoms with E-state index < -0.39 is 39.9 Å². The van der Waals surface area contributed by atoms with E-state index in [0.717, 1.165) is 10.6 Å². The summed E-state index contributed by atoms with van der Waals surface area (Å²) in [4.78, 5) is 25.3. The van der Waals surface area contributed by atoms with Gasteiger partial charge in [0.2, 0.25) is 5.43 Å². The second kappa shape index (κ2) is 6.56. The number of aromatic hydroxyl groups is 1. The maximum atomic E-state index is 15.3. The number of nitrogens with zero attached hydrogens (tertiary/aromatic N) is 2. The van der Waals surface area contributed by atoms with Crippen LogP contribution >= 0.6 is 0 Å². The van der Waals surface area contributed by atoms with Gasteiger partial charge in [-0.05, 0) is 19.9 Å². The number of pyridine rings is 1. The van der Waals surface area contributed by atoms with E-state index in [9.17, 15) is 24.2 Å². The van der Waals surface area contributed by atoms with Gasteiger partial charge in [0.15, 0.2) is 17.3 Å². The molecule has 140 valence electrons. The molecule has 0 spiro atoms. The van der Waals surface area contributed by atoms with E-state index in [1.807, 2.05) is 6.92 Å². The number of aromatic carboxylic acids is 1. The normalized spacial score (nSPS) is 17.7. The van der Waals surface area contributed by atoms with Gasteiger partial charge < -0.3 is 25.0 Å². The van der Waals surface area contributed by atoms with Crippen molar-refractivity contribution in [3.8, 4) is 5.75 Å². The molecule has 2 aromatic rings. The first-order chi connectivity index (χ1) is 12.3. The quantitative estimate of drug-likeness (QED) is 0.761. The fourth-order valence-electron chi connectivity index (χ4n) is 3.47. The number of carboxylic acid groups (broad SMARTS) is 1. The van der Waals surface area contributed by atoms with E-state index in [2.05, 4.69) is 5.32 Å². The highest BCUT2D eigenvalue weighted by atomic mass is 19.1. The van der Waals surface area contributed by atoms with Crippen molar-refractivity contribution < 1.29 is 23.8 Å². The van der Waals surface area contributed by atoms with E-state index in [-0.39, 0.29) is 23.8 Å². The molecular weight excluding hydrogens is 348 g/mol. The third kappa shape index (κ3) is 2.68. The molecule has 1 aliphatic heterocycles. The van der Waals surface area contributed by atoms with Crippen LogP contribution in [0.25, 0.3) is 10.9 Å². The van der Waals surface area contributed by atoms with Crippen molar-refractivity contribution in [3.63, 3.8) is 0 Å². The first kappa shape index (κ1) is 18.1. The number of rotatable bonds is 3. The number of carbonyl (C=O) groups is 1. The number of aromatic nitrogens is 1. The summed E-state index contributed by atoms with van der Waals surface area (Å²) in [7, 11) is 0. The van der Waals surface area contributed by atoms with Gasteiger partial charge in [0.1, 0.15) is 11.5 Å². The Morgan fingerprint density at radius 1 is 1.42 bits per heavy atom. The molecule has 0 saturated carbocycles. The lowest BCUT2D eigenvalue weighted by atomic mass is 10.1. The van der Waals surface area contributed by atoms with Gasteiger partial charge in [-0.25, -0.2) is 13.6 Å². The average Bonchev–Trinajstić information content (AvgIpc) is 2.57. The van der Waals surface area contributed by atoms with Gasteiger partial charge in [0.25, 0.3) is 0 Å². The molecule has 1 aromatic carbocycles. The van der Waals surface area contributed by atoms with Crippen LogP contribution in [0.5, 0.6) is 5.75 Å². The molecule has 2 heterocycles. The fourth-order valence-corrected chi connectivity index (χ4v) is 3.47. The Kier molecular flexibility index (Phi) is 4.57. The first-order valence-corrected chi connectivity index (χ1v) is 8.27. The predicted molar refractivity (Wildman–Crippen MR) is 92.1 cm³/mol. The zero-order valence-electron chi connectivity index (χ0n) is 14.3. The summed E-state index contributed by atoms with van der Waals surface area (Å²) in [6, 6.07) is 0.876. The molecule has 0 radical (unpaired) electrons. The van der Waals surface area contributed by atoms with Crippen molar-refractivity contribution in [2.24, 2.45) is 0 Å². The van der Waals surface area contributed by atoms with Crippen molar-refractivity contribution in [3.05, 3.63) is 33.6 Å². The molecule has 9 heteroatoms. The van der Waals surface area contributed by atoms with Gasteiger partial charge in [-0.2, -0.15) is 0 Å². The van der Waals surface area contributed by atoms with E-state index >= 15 is 4.39 Å². The Morgan fingerprint density at radius 3 is 2.69 bits per heavy atom. The topological polar surface area (TPSA) is 94.8 Å². The van der Waals surface area contributed by atoms with Crippen molar-refractivity contribution in [1.82, 2.24) is 9.88 Å². The average molecular weight is 367 g/mol. The Hall–Kier alpha value is -2.68. The summed E-state index contributed by atoms with van der Waals surface area (Å²) in [5.74, 6) is -4.53. The van der Waals surface area contributed by atoms with E-state index in [0.29, 0.717) is 19.6 Å². The first-order valence-electron chi connectivity index (χ1n) is 8.27. The number of hydrogen-bond acceptors (Lipinski definition) is 5. The second-order valence-corrected chi connectivity index (χ2v) is 6.29. The van der Waals surface area contributed by atoms with Crippen LogP contribution in [-0.4, -0.2) is 46.4 Å². The highest BCUT2D eigenvalue weighted by Gasteiger charge is 2.29. The zero-order valence-corrected chi connectivity index (χ0v) is 14.3. The van der Waals surface area contributed by atoms with Crippen LogP contribution < -0.4 is 15.6 Å². The number of benzene rings is 1. The van der Waals surface area contributed by atoms with Crippen molar-refractivity contribution in [1.29, 1.82) is 0 Å². The van der Waals surface area contributed by atoms with E-state index in [4.69, 9.17) is 0 Å². The lowest BCUT2D eigenvalue weighted by Crippen LogP contribution is -2.49. The van der Waals surface area contributed by atoms with Crippen LogP contribution in [0.15, 0.2) is 10.9 Å². The van der Waals surface area contributed by atoms with Gasteiger partial charge in [-0.3, -0.25) is 4.79 Å². The Labute approximate surface area is 147 Å². The Balaban J connectivity index is 2.39. The SMILES string of the molecule is CCn1c(C(=O)O)c(O)c(=O)c2cc(F)c(N3CCNC(C)C3)c(F)c21. The summed E-state index contributed by atoms with van der Waals surface area (Å²) in [6.07, 6.45) is 0. The zero-order chi connectivity index (χ0) is 19.2. The minimum absolute atomic E-state index is 0.0148. The molecule has 1 aromatic heterocycles. The third-order valence-electron chi connectivity index (χ3n) is 4.60. The molecule has 0 amide bonds. The van der Waals surface area contributed by atoms with Crippen molar-refractivity contribution in [2.45, 2.75) is 26.4 Å². The standard InChI is InChI=1S/C17H19F2N3O4/c1-3-22-12-9(15(23)16(24)14(22)17(25)26)6-10(18)13(11(12)19)21-5-4-20-8(2)7-21/h6,8,20,24H,3-5,7H2,1-2H3,(H,25,26). The molecule has 1 fully saturated rings. The number of nitrogens with one attached hydrogen (secondary N) is 1. The van der Waals surface area contributed by atoms with E-state index in [1.54, 1.807) is 6.92 Å². The lowest BCUT2D eigenvalue weighted by molar-refractivity contribution is 0.0681. The Morgan fingerprint density at radius 2 is 2.12 bits per heavy atom. The predicted octanol–water partition coefficient (Wildman–Crippen LogP) is 1.50. The number of halogens is 2. The number of fused-ring (bicyclic) bond motifs is 1. The number of carboxylic acids is 1. The molecule has 26 heavy (non-hydrogen) atoms. The van der Waals surface area contributed by atoms with Gasteiger partial charge in [-0.1, -0.05) is 0 Å². The highest BCUT2D eigenvalue weighted by molar-refractivity contribution is 5.95. The molecule has 1 saturated heterocycles. The molecular formula is C17H19F2N3O4. The minimum atomic E-state index is -1.57. The third-order valence-corrected chi connectivity index (χ3v) is 4.60. The molecule has 1 unspecified atom stereocenters. The molecule has 0 bridgehead atoms. The van der Waals surface area contributed by atoms with Gasteiger partial charge >= 0.3 is 5.97 Å². The molecule has 7 nitrogen and oxygen atoms in total. The van der Waals surface area contributed by atoms with Crippen LogP contribution in [0.4, 0.5) is 14.5 Å². The number of aryl methyl sites for hydroxylation is 1. The van der Waals surface area contributed by atoms with Crippen LogP contribution in [0.2, 0.25) is 0 Å². The molecule has 3 N–H and O–H groups in total. The Bertz CT molecular complexity index is 958. The lowest BCUT2D eigenvalue weighted by Gasteiger charge is -2.34. The molecule has 1 aliphatic rings. The highest BCUT2D eigenvalue weighted by Crippen LogP contribution is 2.32. The van der Waals surface area contributed by atoms with Gasteiger partial charge in [-0.15, -0.1) is 0 Å². The molecule has 3 rings (SSSR count). The number of hydrogen-bond donors (Lipinski definition) is 3. The minimum Gasteiger partial charge on any atom is -0.502 e. The van der Waals surface area contributed by atoms with Crippen LogP contribution in [0.3, 0.4) is 0 Å². The van der Waals surface area contributed by atoms with Crippen molar-refractivity contribution in [2.75, 3.05) is 24.5 Å². The monoisotopic (exact) mass is 367 g/mol. The summed E-state index contributed by atoms with van der Waals surface area (Å²) in [5.41, 5.74) is -2.44. The smallest absolute Gasteiger partial charge is 0.356 e. The van der Waals surface area contributed by atoms with Crippen LogP contribution in [-0.2, 0) is 6.54 Å². The fraction of sp³-hybridized carbons (Fsp3) is 0.412. The van der Waals surface area contributed by atoms with E-state index in [1.165, 1.54) is 4.90 Å². The molecule has 0 aliphatic carbocycles. The number of anilines is 1. The van der Waals surface area contributed by atoms with Crippen molar-refractivity contribution >= 4 is 22.6 Å². The summed E-state index contributed by atoms with van der Waals surface area (Å²) in [6.45, 7) is 4.67. The van der Waals surface area contributed by atoms with Gasteiger partial charge in [0, 0.05) is 32.2 Å². The maximum absolute atomic E-state index is 15.3. The largest absolute Gasteiger partial charge is 0.502 e. The summed E-state index contributed by atoms with van der Waals surface area (Å²) >= 11 is 0. The van der Waals surface area contributed by atoms with Crippen LogP contribution in [0, 0.1) is 11.6 Å².